The van der Waals surface area contributed by atoms with Gasteiger partial charge in [0, 0.05) is 0 Å². The lowest BCUT2D eigenvalue weighted by atomic mass is 10.4. The predicted molar refractivity (Wildman–Crippen MR) is 47.4 cm³/mol. The third-order valence-electron chi connectivity index (χ3n) is 1.52. The Morgan fingerprint density at radius 2 is 2.29 bits per heavy atom. The van der Waals surface area contributed by atoms with Gasteiger partial charge in [-0.05, 0) is 13.8 Å². The summed E-state index contributed by atoms with van der Waals surface area (Å²) in [6, 6.07) is 0. The van der Waals surface area contributed by atoms with Gasteiger partial charge in [0.15, 0.2) is 0 Å². The van der Waals surface area contributed by atoms with Crippen LogP contribution in [0.5, 0.6) is 5.88 Å². The van der Waals surface area contributed by atoms with Crippen molar-refractivity contribution in [2.45, 2.75) is 13.8 Å². The Kier molecular flexibility index (Phi) is 2.80. The number of aromatic nitrogens is 2. The molecule has 0 aliphatic rings. The second-order valence-corrected chi connectivity index (χ2v) is 2.51. The van der Waals surface area contributed by atoms with Crippen LogP contribution < -0.4 is 10.4 Å². The van der Waals surface area contributed by atoms with Crippen molar-refractivity contribution in [2.75, 3.05) is 6.61 Å². The van der Waals surface area contributed by atoms with Gasteiger partial charge in [-0.15, -0.1) is 0 Å². The third-order valence-corrected chi connectivity index (χ3v) is 1.52. The summed E-state index contributed by atoms with van der Waals surface area (Å²) in [4.78, 5) is 26.4. The molecule has 0 aliphatic carbocycles. The summed E-state index contributed by atoms with van der Waals surface area (Å²) in [6.07, 6.45) is 0. The fourth-order valence-corrected chi connectivity index (χ4v) is 1.01. The quantitative estimate of drug-likeness (QED) is 0.560. The van der Waals surface area contributed by atoms with Crippen molar-refractivity contribution in [3.8, 4) is 5.88 Å². The van der Waals surface area contributed by atoms with Crippen LogP contribution in [0.25, 0.3) is 0 Å². The van der Waals surface area contributed by atoms with Gasteiger partial charge >= 0.3 is 17.3 Å². The van der Waals surface area contributed by atoms with E-state index in [9.17, 15) is 14.9 Å². The molecular formula is C7H9N3O4. The Morgan fingerprint density at radius 3 is 2.79 bits per heavy atom. The molecule has 0 spiro atoms. The van der Waals surface area contributed by atoms with E-state index in [0.29, 0.717) is 0 Å². The lowest BCUT2D eigenvalue weighted by Gasteiger charge is -2.03. The Bertz CT molecular complexity index is 412. The number of aryl methyl sites for hydroxylation is 1. The van der Waals surface area contributed by atoms with E-state index in [1.807, 2.05) is 0 Å². The SMILES string of the molecule is CCOc1nc(=O)[nH]c(C)c1[N+](=O)[O-]. The lowest BCUT2D eigenvalue weighted by Crippen LogP contribution is -2.15. The number of rotatable bonds is 3. The summed E-state index contributed by atoms with van der Waals surface area (Å²) < 4.78 is 4.89. The van der Waals surface area contributed by atoms with Crippen molar-refractivity contribution >= 4 is 5.69 Å². The van der Waals surface area contributed by atoms with E-state index in [1.54, 1.807) is 6.92 Å². The van der Waals surface area contributed by atoms with Gasteiger partial charge < -0.3 is 9.72 Å². The second kappa shape index (κ2) is 3.86. The molecule has 0 unspecified atom stereocenters. The number of nitrogens with one attached hydrogen (secondary N) is 1. The molecule has 76 valence electrons. The van der Waals surface area contributed by atoms with Gasteiger partial charge in [-0.2, -0.15) is 4.98 Å². The normalized spacial score (nSPS) is 9.86. The molecule has 1 aromatic rings. The summed E-state index contributed by atoms with van der Waals surface area (Å²) in [5.41, 5.74) is -0.818. The highest BCUT2D eigenvalue weighted by Gasteiger charge is 2.21. The van der Waals surface area contributed by atoms with Crippen LogP contribution in [0.3, 0.4) is 0 Å². The molecule has 7 heteroatoms. The number of nitrogens with zero attached hydrogens (tertiary/aromatic N) is 2. The zero-order chi connectivity index (χ0) is 10.7. The van der Waals surface area contributed by atoms with Gasteiger partial charge in [0.05, 0.1) is 11.5 Å². The number of ether oxygens (including phenoxy) is 1. The summed E-state index contributed by atoms with van der Waals surface area (Å²) in [6.45, 7) is 3.29. The first-order valence-corrected chi connectivity index (χ1v) is 3.94. The van der Waals surface area contributed by atoms with E-state index < -0.39 is 10.6 Å². The predicted octanol–water partition coefficient (Wildman–Crippen LogP) is 0.385. The molecule has 0 saturated carbocycles. The van der Waals surface area contributed by atoms with Gasteiger partial charge in [0.25, 0.3) is 0 Å². The van der Waals surface area contributed by atoms with E-state index in [2.05, 4.69) is 9.97 Å². The van der Waals surface area contributed by atoms with Crippen LogP contribution in [-0.4, -0.2) is 21.5 Å². The summed E-state index contributed by atoms with van der Waals surface area (Å²) in [5, 5.41) is 10.6. The average molecular weight is 199 g/mol. The number of nitro groups is 1. The molecular weight excluding hydrogens is 190 g/mol. The van der Waals surface area contributed by atoms with Crippen LogP contribution in [0, 0.1) is 17.0 Å². The molecule has 1 rings (SSSR count). The number of hydrogen-bond donors (Lipinski definition) is 1. The molecule has 1 heterocycles. The Hall–Kier alpha value is -1.92. The second-order valence-electron chi connectivity index (χ2n) is 2.51. The summed E-state index contributed by atoms with van der Waals surface area (Å²) >= 11 is 0. The molecule has 0 aliphatic heterocycles. The standard InChI is InChI=1S/C7H9N3O4/c1-3-14-6-5(10(12)13)4(2)8-7(11)9-6/h3H2,1-2H3,(H,8,9,11). The van der Waals surface area contributed by atoms with Crippen molar-refractivity contribution in [2.24, 2.45) is 0 Å². The lowest BCUT2D eigenvalue weighted by molar-refractivity contribution is -0.387. The van der Waals surface area contributed by atoms with Crippen LogP contribution >= 0.6 is 0 Å². The molecule has 0 atom stereocenters. The maximum Gasteiger partial charge on any atom is 0.349 e. The van der Waals surface area contributed by atoms with Crippen molar-refractivity contribution in [1.29, 1.82) is 0 Å². The monoisotopic (exact) mass is 199 g/mol. The molecule has 0 aromatic carbocycles. The van der Waals surface area contributed by atoms with E-state index in [0.717, 1.165) is 0 Å². The minimum absolute atomic E-state index is 0.137. The highest BCUT2D eigenvalue weighted by Crippen LogP contribution is 2.24. The van der Waals surface area contributed by atoms with E-state index in [-0.39, 0.29) is 23.9 Å². The van der Waals surface area contributed by atoms with E-state index in [4.69, 9.17) is 4.74 Å². The smallest absolute Gasteiger partial charge is 0.349 e. The van der Waals surface area contributed by atoms with Crippen LogP contribution in [-0.2, 0) is 0 Å². The summed E-state index contributed by atoms with van der Waals surface area (Å²) in [7, 11) is 0. The molecule has 0 bridgehead atoms. The first-order chi connectivity index (χ1) is 6.56. The number of H-pyrrole nitrogens is 1. The summed E-state index contributed by atoms with van der Waals surface area (Å²) in [5.74, 6) is -0.237. The van der Waals surface area contributed by atoms with Crippen LogP contribution in [0.15, 0.2) is 4.79 Å². The molecule has 0 amide bonds. The highest BCUT2D eigenvalue weighted by molar-refractivity contribution is 5.43. The van der Waals surface area contributed by atoms with Crippen molar-refractivity contribution in [3.63, 3.8) is 0 Å². The first-order valence-electron chi connectivity index (χ1n) is 3.94. The van der Waals surface area contributed by atoms with Gasteiger partial charge in [0.2, 0.25) is 0 Å². The van der Waals surface area contributed by atoms with Crippen LogP contribution in [0.2, 0.25) is 0 Å². The molecule has 14 heavy (non-hydrogen) atoms. The fourth-order valence-electron chi connectivity index (χ4n) is 1.01. The van der Waals surface area contributed by atoms with Gasteiger partial charge in [0.1, 0.15) is 5.69 Å². The molecule has 7 nitrogen and oxygen atoms in total. The molecule has 1 N–H and O–H groups in total. The Balaban J connectivity index is 3.36. The highest BCUT2D eigenvalue weighted by atomic mass is 16.6. The van der Waals surface area contributed by atoms with Crippen LogP contribution in [0.4, 0.5) is 5.69 Å². The average Bonchev–Trinajstić information content (AvgIpc) is 2.01. The molecule has 0 radical (unpaired) electrons. The van der Waals surface area contributed by atoms with Crippen molar-refractivity contribution in [1.82, 2.24) is 9.97 Å². The zero-order valence-electron chi connectivity index (χ0n) is 7.73. The zero-order valence-corrected chi connectivity index (χ0v) is 7.73. The topological polar surface area (TPSA) is 98.1 Å². The first kappa shape index (κ1) is 10.2. The van der Waals surface area contributed by atoms with E-state index in [1.165, 1.54) is 6.92 Å². The Morgan fingerprint density at radius 1 is 1.64 bits per heavy atom. The molecule has 0 fully saturated rings. The molecule has 1 aromatic heterocycles. The van der Waals surface area contributed by atoms with Crippen molar-refractivity contribution < 1.29 is 9.66 Å². The maximum absolute atomic E-state index is 10.9. The molecule has 0 saturated heterocycles. The third kappa shape index (κ3) is 1.87. The van der Waals surface area contributed by atoms with Crippen LogP contribution in [0.1, 0.15) is 12.6 Å². The maximum atomic E-state index is 10.9. The Labute approximate surface area is 78.9 Å². The van der Waals surface area contributed by atoms with Gasteiger partial charge in [-0.25, -0.2) is 4.79 Å². The largest absolute Gasteiger partial charge is 0.473 e. The minimum Gasteiger partial charge on any atom is -0.473 e. The van der Waals surface area contributed by atoms with E-state index >= 15 is 0 Å². The number of hydrogen-bond acceptors (Lipinski definition) is 5. The number of aromatic amines is 1. The fraction of sp³-hybridized carbons (Fsp3) is 0.429. The van der Waals surface area contributed by atoms with Gasteiger partial charge in [-0.1, -0.05) is 0 Å². The minimum atomic E-state index is -0.656. The van der Waals surface area contributed by atoms with Crippen molar-refractivity contribution in [3.05, 3.63) is 26.3 Å². The van der Waals surface area contributed by atoms with Gasteiger partial charge in [-0.3, -0.25) is 10.1 Å².